The minimum Gasteiger partial charge on any atom is -0.378 e. The average molecular weight is 234 g/mol. The van der Waals surface area contributed by atoms with Gasteiger partial charge in [-0.25, -0.2) is 4.98 Å². The summed E-state index contributed by atoms with van der Waals surface area (Å²) in [6.07, 6.45) is 1.62. The van der Waals surface area contributed by atoms with E-state index < -0.39 is 0 Å². The van der Waals surface area contributed by atoms with Gasteiger partial charge in [-0.05, 0) is 26.2 Å². The molecular formula is C12H18N4O. The van der Waals surface area contributed by atoms with Crippen molar-refractivity contribution in [3.05, 3.63) is 23.9 Å². The van der Waals surface area contributed by atoms with Crippen molar-refractivity contribution in [2.75, 3.05) is 45.7 Å². The van der Waals surface area contributed by atoms with Gasteiger partial charge in [0.25, 0.3) is 0 Å². The van der Waals surface area contributed by atoms with Crippen LogP contribution in [0, 0.1) is 11.3 Å². The Morgan fingerprint density at radius 2 is 2.29 bits per heavy atom. The topological polar surface area (TPSA) is 61.2 Å². The van der Waals surface area contributed by atoms with Crippen LogP contribution in [-0.2, 0) is 4.74 Å². The Morgan fingerprint density at radius 1 is 1.47 bits per heavy atom. The Bertz CT molecular complexity index is 373. The Balaban J connectivity index is 2.16. The summed E-state index contributed by atoms with van der Waals surface area (Å²) in [5, 5.41) is 11.8. The predicted octanol–water partition coefficient (Wildman–Crippen LogP) is 0.943. The van der Waals surface area contributed by atoms with Gasteiger partial charge in [0, 0.05) is 19.3 Å². The van der Waals surface area contributed by atoms with E-state index in [2.05, 4.69) is 21.3 Å². The number of nitrogens with one attached hydrogen (secondary N) is 1. The van der Waals surface area contributed by atoms with Crippen molar-refractivity contribution >= 4 is 5.82 Å². The van der Waals surface area contributed by atoms with Crippen LogP contribution in [0.2, 0.25) is 0 Å². The monoisotopic (exact) mass is 234 g/mol. The molecule has 0 fully saturated rings. The second-order valence-corrected chi connectivity index (χ2v) is 3.88. The van der Waals surface area contributed by atoms with Crippen LogP contribution < -0.4 is 5.32 Å². The van der Waals surface area contributed by atoms with Crippen molar-refractivity contribution in [1.29, 1.82) is 5.26 Å². The summed E-state index contributed by atoms with van der Waals surface area (Å²) in [5.41, 5.74) is 0.607. The van der Waals surface area contributed by atoms with Crippen molar-refractivity contribution in [3.8, 4) is 6.07 Å². The number of ether oxygens (including phenoxy) is 1. The molecule has 0 bridgehead atoms. The lowest BCUT2D eigenvalue weighted by Gasteiger charge is -2.10. The van der Waals surface area contributed by atoms with E-state index in [4.69, 9.17) is 10.00 Å². The zero-order valence-electron chi connectivity index (χ0n) is 10.3. The van der Waals surface area contributed by atoms with Gasteiger partial charge < -0.3 is 15.0 Å². The fourth-order valence-corrected chi connectivity index (χ4v) is 1.20. The minimum absolute atomic E-state index is 0.607. The highest BCUT2D eigenvalue weighted by Gasteiger charge is 1.96. The molecule has 0 aliphatic heterocycles. The van der Waals surface area contributed by atoms with Crippen molar-refractivity contribution in [1.82, 2.24) is 9.88 Å². The molecular weight excluding hydrogens is 216 g/mol. The average Bonchev–Trinajstić information content (AvgIpc) is 2.33. The first-order valence-electron chi connectivity index (χ1n) is 5.55. The smallest absolute Gasteiger partial charge is 0.127 e. The molecule has 17 heavy (non-hydrogen) atoms. The molecule has 1 rings (SSSR count). The van der Waals surface area contributed by atoms with Gasteiger partial charge in [0.1, 0.15) is 5.82 Å². The van der Waals surface area contributed by atoms with E-state index in [0.717, 1.165) is 13.2 Å². The van der Waals surface area contributed by atoms with Crippen molar-refractivity contribution in [2.45, 2.75) is 0 Å². The van der Waals surface area contributed by atoms with Crippen LogP contribution in [0.25, 0.3) is 0 Å². The van der Waals surface area contributed by atoms with Crippen molar-refractivity contribution in [2.24, 2.45) is 0 Å². The highest BCUT2D eigenvalue weighted by molar-refractivity contribution is 5.42. The molecule has 0 spiro atoms. The van der Waals surface area contributed by atoms with Crippen LogP contribution in [0.15, 0.2) is 18.3 Å². The van der Waals surface area contributed by atoms with Crippen LogP contribution in [0.1, 0.15) is 5.56 Å². The third-order valence-electron chi connectivity index (χ3n) is 2.12. The van der Waals surface area contributed by atoms with Crippen molar-refractivity contribution < 1.29 is 4.74 Å². The SMILES string of the molecule is CN(C)CCOCCNc1cc(C#N)ccn1. The number of rotatable bonds is 7. The summed E-state index contributed by atoms with van der Waals surface area (Å²) in [6, 6.07) is 5.48. The zero-order valence-corrected chi connectivity index (χ0v) is 10.3. The number of likely N-dealkylation sites (N-methyl/N-ethyl adjacent to an activating group) is 1. The van der Waals surface area contributed by atoms with E-state index in [1.165, 1.54) is 0 Å². The molecule has 0 aromatic carbocycles. The number of pyridine rings is 1. The maximum absolute atomic E-state index is 8.72. The lowest BCUT2D eigenvalue weighted by molar-refractivity contribution is 0.126. The fourth-order valence-electron chi connectivity index (χ4n) is 1.20. The molecule has 1 aromatic rings. The van der Waals surface area contributed by atoms with Gasteiger partial charge in [0.05, 0.1) is 24.8 Å². The largest absolute Gasteiger partial charge is 0.378 e. The highest BCUT2D eigenvalue weighted by Crippen LogP contribution is 2.04. The van der Waals surface area contributed by atoms with E-state index >= 15 is 0 Å². The standard InChI is InChI=1S/C12H18N4O/c1-16(2)6-8-17-7-5-15-12-9-11(10-13)3-4-14-12/h3-4,9H,5-8H2,1-2H3,(H,14,15). The molecule has 0 saturated carbocycles. The summed E-state index contributed by atoms with van der Waals surface area (Å²) < 4.78 is 5.43. The highest BCUT2D eigenvalue weighted by atomic mass is 16.5. The maximum Gasteiger partial charge on any atom is 0.127 e. The molecule has 0 unspecified atom stereocenters. The summed E-state index contributed by atoms with van der Waals surface area (Å²) in [4.78, 5) is 6.18. The molecule has 0 radical (unpaired) electrons. The predicted molar refractivity (Wildman–Crippen MR) is 66.8 cm³/mol. The molecule has 5 nitrogen and oxygen atoms in total. The molecule has 92 valence electrons. The Hall–Kier alpha value is -1.64. The van der Waals surface area contributed by atoms with Gasteiger partial charge in [-0.3, -0.25) is 0 Å². The van der Waals surface area contributed by atoms with Gasteiger partial charge in [-0.2, -0.15) is 5.26 Å². The molecule has 0 aliphatic rings. The first-order chi connectivity index (χ1) is 8.22. The number of anilines is 1. The molecule has 1 heterocycles. The minimum atomic E-state index is 0.607. The molecule has 0 saturated heterocycles. The Morgan fingerprint density at radius 3 is 3.00 bits per heavy atom. The number of nitriles is 1. The lowest BCUT2D eigenvalue weighted by Crippen LogP contribution is -2.20. The molecule has 5 heteroatoms. The van der Waals surface area contributed by atoms with Gasteiger partial charge in [0.15, 0.2) is 0 Å². The van der Waals surface area contributed by atoms with Crippen LogP contribution in [0.3, 0.4) is 0 Å². The van der Waals surface area contributed by atoms with Crippen LogP contribution in [-0.4, -0.2) is 50.3 Å². The fraction of sp³-hybridized carbons (Fsp3) is 0.500. The van der Waals surface area contributed by atoms with Gasteiger partial charge in [0.2, 0.25) is 0 Å². The number of hydrogen-bond donors (Lipinski definition) is 1. The van der Waals surface area contributed by atoms with E-state index in [1.807, 2.05) is 14.1 Å². The van der Waals surface area contributed by atoms with Gasteiger partial charge in [-0.15, -0.1) is 0 Å². The normalized spacial score (nSPS) is 10.2. The van der Waals surface area contributed by atoms with Crippen LogP contribution in [0.5, 0.6) is 0 Å². The molecule has 1 N–H and O–H groups in total. The number of hydrogen-bond acceptors (Lipinski definition) is 5. The lowest BCUT2D eigenvalue weighted by atomic mass is 10.3. The first-order valence-corrected chi connectivity index (χ1v) is 5.55. The number of aromatic nitrogens is 1. The van der Waals surface area contributed by atoms with Crippen LogP contribution >= 0.6 is 0 Å². The van der Waals surface area contributed by atoms with E-state index in [-0.39, 0.29) is 0 Å². The summed E-state index contributed by atoms with van der Waals surface area (Å²) in [7, 11) is 4.03. The summed E-state index contributed by atoms with van der Waals surface area (Å²) >= 11 is 0. The molecule has 0 aliphatic carbocycles. The third-order valence-corrected chi connectivity index (χ3v) is 2.12. The summed E-state index contributed by atoms with van der Waals surface area (Å²) in [6.45, 7) is 2.96. The van der Waals surface area contributed by atoms with E-state index in [9.17, 15) is 0 Å². The molecule has 1 aromatic heterocycles. The first kappa shape index (κ1) is 13.4. The molecule has 0 amide bonds. The third kappa shape index (κ3) is 5.85. The van der Waals surface area contributed by atoms with E-state index in [1.54, 1.807) is 18.3 Å². The second kappa shape index (κ2) is 7.60. The second-order valence-electron chi connectivity index (χ2n) is 3.88. The Kier molecular flexibility index (Phi) is 6.00. The molecule has 0 atom stereocenters. The van der Waals surface area contributed by atoms with Gasteiger partial charge in [-0.1, -0.05) is 0 Å². The van der Waals surface area contributed by atoms with Crippen molar-refractivity contribution in [3.63, 3.8) is 0 Å². The Labute approximate surface area is 102 Å². The van der Waals surface area contributed by atoms with Gasteiger partial charge >= 0.3 is 0 Å². The number of nitrogens with zero attached hydrogens (tertiary/aromatic N) is 3. The quantitative estimate of drug-likeness (QED) is 0.711. The summed E-state index contributed by atoms with van der Waals surface area (Å²) in [5.74, 6) is 0.709. The maximum atomic E-state index is 8.72. The zero-order chi connectivity index (χ0) is 12.5. The van der Waals surface area contributed by atoms with Crippen LogP contribution in [0.4, 0.5) is 5.82 Å². The van der Waals surface area contributed by atoms with E-state index in [0.29, 0.717) is 24.5 Å².